The van der Waals surface area contributed by atoms with E-state index >= 15 is 0 Å². The Labute approximate surface area is 146 Å². The average Bonchev–Trinajstić information content (AvgIpc) is 3.09. The summed E-state index contributed by atoms with van der Waals surface area (Å²) in [6, 6.07) is 10.2. The summed E-state index contributed by atoms with van der Waals surface area (Å²) in [6.45, 7) is 4.44. The molecule has 5 nitrogen and oxygen atoms in total. The van der Waals surface area contributed by atoms with Crippen LogP contribution in [0.15, 0.2) is 36.5 Å². The van der Waals surface area contributed by atoms with E-state index in [4.69, 9.17) is 4.74 Å². The first-order chi connectivity index (χ1) is 11.7. The van der Waals surface area contributed by atoms with E-state index in [-0.39, 0.29) is 12.1 Å². The van der Waals surface area contributed by atoms with Crippen LogP contribution in [-0.2, 0) is 24.1 Å². The Kier molecular flexibility index (Phi) is 5.82. The van der Waals surface area contributed by atoms with Gasteiger partial charge in [-0.05, 0) is 12.0 Å². The SMILES string of the molecule is CCc1cnc(CNC(=O)N2CCO[C@H](Cc3ccccc3)C2)s1. The van der Waals surface area contributed by atoms with Gasteiger partial charge in [0.1, 0.15) is 5.01 Å². The van der Waals surface area contributed by atoms with Gasteiger partial charge in [-0.3, -0.25) is 0 Å². The fraction of sp³-hybridized carbons (Fsp3) is 0.444. The lowest BCUT2D eigenvalue weighted by Crippen LogP contribution is -2.50. The largest absolute Gasteiger partial charge is 0.374 e. The number of morpholine rings is 1. The lowest BCUT2D eigenvalue weighted by atomic mass is 10.1. The number of nitrogens with one attached hydrogen (secondary N) is 1. The lowest BCUT2D eigenvalue weighted by Gasteiger charge is -2.33. The minimum absolute atomic E-state index is 0.0374. The molecular weight excluding hydrogens is 322 g/mol. The van der Waals surface area contributed by atoms with Crippen LogP contribution < -0.4 is 5.32 Å². The fourth-order valence-electron chi connectivity index (χ4n) is 2.76. The van der Waals surface area contributed by atoms with E-state index in [1.165, 1.54) is 10.4 Å². The Balaban J connectivity index is 1.49. The predicted molar refractivity (Wildman–Crippen MR) is 95.2 cm³/mol. The van der Waals surface area contributed by atoms with Gasteiger partial charge in [0.25, 0.3) is 0 Å². The maximum atomic E-state index is 12.4. The van der Waals surface area contributed by atoms with Crippen LogP contribution in [0.2, 0.25) is 0 Å². The van der Waals surface area contributed by atoms with Crippen LogP contribution in [-0.4, -0.2) is 41.7 Å². The molecule has 3 rings (SSSR count). The van der Waals surface area contributed by atoms with Gasteiger partial charge in [-0.25, -0.2) is 9.78 Å². The molecule has 1 fully saturated rings. The molecule has 2 aromatic rings. The first-order valence-electron chi connectivity index (χ1n) is 8.36. The molecule has 1 N–H and O–H groups in total. The molecule has 0 saturated carbocycles. The van der Waals surface area contributed by atoms with Crippen molar-refractivity contribution < 1.29 is 9.53 Å². The minimum atomic E-state index is -0.0374. The number of nitrogens with zero attached hydrogens (tertiary/aromatic N) is 2. The Morgan fingerprint density at radius 3 is 3.00 bits per heavy atom. The molecule has 0 bridgehead atoms. The maximum Gasteiger partial charge on any atom is 0.317 e. The molecular formula is C18H23N3O2S. The summed E-state index contributed by atoms with van der Waals surface area (Å²) >= 11 is 1.65. The highest BCUT2D eigenvalue weighted by Crippen LogP contribution is 2.14. The molecule has 1 aliphatic heterocycles. The molecule has 1 aliphatic rings. The van der Waals surface area contributed by atoms with E-state index in [0.717, 1.165) is 17.8 Å². The lowest BCUT2D eigenvalue weighted by molar-refractivity contribution is -0.0133. The topological polar surface area (TPSA) is 54.5 Å². The molecule has 0 aliphatic carbocycles. The number of carbonyl (C=O) groups is 1. The zero-order valence-electron chi connectivity index (χ0n) is 13.9. The molecule has 0 radical (unpaired) electrons. The summed E-state index contributed by atoms with van der Waals surface area (Å²) in [7, 11) is 0. The van der Waals surface area contributed by atoms with Crippen LogP contribution in [0.5, 0.6) is 0 Å². The molecule has 6 heteroatoms. The number of rotatable bonds is 5. The molecule has 1 atom stereocenters. The highest BCUT2D eigenvalue weighted by molar-refractivity contribution is 7.11. The van der Waals surface area contributed by atoms with Crippen molar-refractivity contribution in [1.82, 2.24) is 15.2 Å². The summed E-state index contributed by atoms with van der Waals surface area (Å²) in [5.41, 5.74) is 1.24. The normalized spacial score (nSPS) is 17.7. The summed E-state index contributed by atoms with van der Waals surface area (Å²) in [5.74, 6) is 0. The van der Waals surface area contributed by atoms with Gasteiger partial charge in [0.2, 0.25) is 0 Å². The van der Waals surface area contributed by atoms with Crippen LogP contribution in [0, 0.1) is 0 Å². The van der Waals surface area contributed by atoms with E-state index in [1.54, 1.807) is 11.3 Å². The number of thiazole rings is 1. The first kappa shape index (κ1) is 16.9. The number of urea groups is 1. The second kappa shape index (κ2) is 8.26. The van der Waals surface area contributed by atoms with Crippen molar-refractivity contribution >= 4 is 17.4 Å². The molecule has 1 aromatic carbocycles. The summed E-state index contributed by atoms with van der Waals surface area (Å²) in [4.78, 5) is 19.8. The summed E-state index contributed by atoms with van der Waals surface area (Å²) in [6.07, 6.45) is 3.75. The van der Waals surface area contributed by atoms with Crippen LogP contribution in [0.4, 0.5) is 4.79 Å². The van der Waals surface area contributed by atoms with Gasteiger partial charge >= 0.3 is 6.03 Å². The van der Waals surface area contributed by atoms with Crippen LogP contribution in [0.1, 0.15) is 22.4 Å². The summed E-state index contributed by atoms with van der Waals surface area (Å²) < 4.78 is 5.81. The van der Waals surface area contributed by atoms with Gasteiger partial charge in [-0.1, -0.05) is 37.3 Å². The average molecular weight is 345 g/mol. The fourth-order valence-corrected chi connectivity index (χ4v) is 3.56. The first-order valence-corrected chi connectivity index (χ1v) is 9.18. The molecule has 128 valence electrons. The van der Waals surface area contributed by atoms with E-state index in [9.17, 15) is 4.79 Å². The van der Waals surface area contributed by atoms with Crippen LogP contribution in [0.3, 0.4) is 0 Å². The number of hydrogen-bond acceptors (Lipinski definition) is 4. The third kappa shape index (κ3) is 4.55. The second-order valence-corrected chi connectivity index (χ2v) is 7.06. The molecule has 24 heavy (non-hydrogen) atoms. The molecule has 0 unspecified atom stereocenters. The highest BCUT2D eigenvalue weighted by atomic mass is 32.1. The van der Waals surface area contributed by atoms with Crippen molar-refractivity contribution in [2.75, 3.05) is 19.7 Å². The zero-order valence-corrected chi connectivity index (χ0v) is 14.7. The van der Waals surface area contributed by atoms with Crippen LogP contribution >= 0.6 is 11.3 Å². The molecule has 1 aromatic heterocycles. The van der Waals surface area contributed by atoms with Crippen molar-refractivity contribution in [3.8, 4) is 0 Å². The van der Waals surface area contributed by atoms with Crippen molar-refractivity contribution in [3.63, 3.8) is 0 Å². The molecule has 0 spiro atoms. The van der Waals surface area contributed by atoms with Crippen molar-refractivity contribution in [2.24, 2.45) is 0 Å². The predicted octanol–water partition coefficient (Wildman–Crippen LogP) is 2.86. The smallest absolute Gasteiger partial charge is 0.317 e. The van der Waals surface area contributed by atoms with Crippen molar-refractivity contribution in [1.29, 1.82) is 0 Å². The number of carbonyl (C=O) groups excluding carboxylic acids is 1. The van der Waals surface area contributed by atoms with Crippen molar-refractivity contribution in [2.45, 2.75) is 32.4 Å². The third-order valence-electron chi connectivity index (χ3n) is 4.07. The highest BCUT2D eigenvalue weighted by Gasteiger charge is 2.24. The number of amides is 2. The Hall–Kier alpha value is -1.92. The van der Waals surface area contributed by atoms with Gasteiger partial charge in [0.15, 0.2) is 0 Å². The standard InChI is InChI=1S/C18H23N3O2S/c1-2-16-11-19-17(24-16)12-20-18(22)21-8-9-23-15(13-21)10-14-6-4-3-5-7-14/h3-7,11,15H,2,8-10,12-13H2,1H3,(H,20,22)/t15-/m1/s1. The number of aryl methyl sites for hydroxylation is 1. The Morgan fingerprint density at radius 2 is 2.25 bits per heavy atom. The monoisotopic (exact) mass is 345 g/mol. The number of ether oxygens (including phenoxy) is 1. The second-order valence-electron chi connectivity index (χ2n) is 5.86. The van der Waals surface area contributed by atoms with E-state index in [1.807, 2.05) is 29.3 Å². The quantitative estimate of drug-likeness (QED) is 0.906. The minimum Gasteiger partial charge on any atom is -0.374 e. The zero-order chi connectivity index (χ0) is 16.8. The maximum absolute atomic E-state index is 12.4. The number of aromatic nitrogens is 1. The van der Waals surface area contributed by atoms with Gasteiger partial charge in [-0.2, -0.15) is 0 Å². The van der Waals surface area contributed by atoms with E-state index in [0.29, 0.717) is 26.2 Å². The Morgan fingerprint density at radius 1 is 1.42 bits per heavy atom. The summed E-state index contributed by atoms with van der Waals surface area (Å²) in [5, 5.41) is 3.92. The van der Waals surface area contributed by atoms with Gasteiger partial charge in [0, 0.05) is 30.6 Å². The van der Waals surface area contributed by atoms with Crippen LogP contribution in [0.25, 0.3) is 0 Å². The van der Waals surface area contributed by atoms with Gasteiger partial charge in [-0.15, -0.1) is 11.3 Å². The third-order valence-corrected chi connectivity index (χ3v) is 5.21. The Bertz CT molecular complexity index is 659. The molecule has 2 heterocycles. The number of hydrogen-bond donors (Lipinski definition) is 1. The van der Waals surface area contributed by atoms with Crippen molar-refractivity contribution in [3.05, 3.63) is 52.0 Å². The van der Waals surface area contributed by atoms with Gasteiger partial charge < -0.3 is 15.0 Å². The molecule has 1 saturated heterocycles. The van der Waals surface area contributed by atoms with E-state index in [2.05, 4.69) is 29.4 Å². The number of benzene rings is 1. The molecule has 2 amide bonds. The van der Waals surface area contributed by atoms with E-state index < -0.39 is 0 Å². The van der Waals surface area contributed by atoms with Gasteiger partial charge in [0.05, 0.1) is 19.3 Å².